The van der Waals surface area contributed by atoms with Gasteiger partial charge in [0.1, 0.15) is 0 Å². The molecule has 1 heterocycles. The van der Waals surface area contributed by atoms with E-state index in [9.17, 15) is 0 Å². The molecule has 1 N–H and O–H groups in total. The summed E-state index contributed by atoms with van der Waals surface area (Å²) in [6, 6.07) is 5.50. The average molecular weight is 295 g/mol. The summed E-state index contributed by atoms with van der Waals surface area (Å²) in [5, 5.41) is 11.8. The molecule has 0 saturated heterocycles. The van der Waals surface area contributed by atoms with Crippen LogP contribution in [0.4, 0.5) is 0 Å². The molecule has 0 fully saturated rings. The summed E-state index contributed by atoms with van der Waals surface area (Å²) in [4.78, 5) is 4.27. The van der Waals surface area contributed by atoms with Crippen LogP contribution >= 0.6 is 11.3 Å². The van der Waals surface area contributed by atoms with Crippen molar-refractivity contribution in [2.24, 2.45) is 0 Å². The molecule has 108 valence electrons. The summed E-state index contributed by atoms with van der Waals surface area (Å²) in [5.74, 6) is 1.87. The van der Waals surface area contributed by atoms with E-state index in [1.807, 2.05) is 23.6 Å². The van der Waals surface area contributed by atoms with Gasteiger partial charge in [-0.25, -0.2) is 4.98 Å². The van der Waals surface area contributed by atoms with E-state index in [1.165, 1.54) is 11.3 Å². The molecule has 0 spiro atoms. The molecule has 0 bridgehead atoms. The van der Waals surface area contributed by atoms with E-state index < -0.39 is 0 Å². The predicted octanol–water partition coefficient (Wildman–Crippen LogP) is 2.27. The summed E-state index contributed by atoms with van der Waals surface area (Å²) in [6.07, 6.45) is 0.672. The summed E-state index contributed by atoms with van der Waals surface area (Å²) >= 11 is 1.52. The smallest absolute Gasteiger partial charge is 0.203 e. The van der Waals surface area contributed by atoms with E-state index in [1.54, 1.807) is 14.2 Å². The van der Waals surface area contributed by atoms with Gasteiger partial charge >= 0.3 is 0 Å². The maximum atomic E-state index is 8.97. The number of aliphatic hydroxyl groups is 1. The Bertz CT molecular complexity index is 534. The van der Waals surface area contributed by atoms with Crippen LogP contribution < -0.4 is 14.2 Å². The van der Waals surface area contributed by atoms with Crippen molar-refractivity contribution in [3.05, 3.63) is 34.3 Å². The Balaban J connectivity index is 1.99. The molecule has 20 heavy (non-hydrogen) atoms. The first kappa shape index (κ1) is 14.6. The van der Waals surface area contributed by atoms with Gasteiger partial charge in [-0.1, -0.05) is 6.07 Å². The molecule has 0 amide bonds. The number of hydrogen-bond donors (Lipinski definition) is 1. The van der Waals surface area contributed by atoms with Gasteiger partial charge in [0, 0.05) is 11.8 Å². The van der Waals surface area contributed by atoms with Crippen molar-refractivity contribution in [1.29, 1.82) is 0 Å². The molecule has 0 atom stereocenters. The minimum Gasteiger partial charge on any atom is -0.493 e. The van der Waals surface area contributed by atoms with Crippen molar-refractivity contribution >= 4 is 11.3 Å². The fraction of sp³-hybridized carbons (Fsp3) is 0.357. The second-order valence-corrected chi connectivity index (χ2v) is 4.92. The van der Waals surface area contributed by atoms with Crippen LogP contribution in [-0.2, 0) is 13.0 Å². The number of nitrogens with zero attached hydrogens (tertiary/aromatic N) is 1. The van der Waals surface area contributed by atoms with Gasteiger partial charge < -0.3 is 19.3 Å². The third-order valence-corrected chi connectivity index (χ3v) is 3.66. The molecule has 0 aliphatic rings. The number of ether oxygens (including phenoxy) is 3. The first-order valence-electron chi connectivity index (χ1n) is 6.16. The quantitative estimate of drug-likeness (QED) is 0.849. The lowest BCUT2D eigenvalue weighted by Crippen LogP contribution is -2.04. The van der Waals surface area contributed by atoms with Gasteiger partial charge in [0.05, 0.1) is 38.1 Å². The van der Waals surface area contributed by atoms with E-state index in [0.29, 0.717) is 36.0 Å². The first-order valence-corrected chi connectivity index (χ1v) is 7.04. The Kier molecular flexibility index (Phi) is 5.20. The number of aliphatic hydroxyl groups excluding tert-OH is 1. The van der Waals surface area contributed by atoms with Gasteiger partial charge in [0.15, 0.2) is 11.5 Å². The van der Waals surface area contributed by atoms with Gasteiger partial charge in [-0.05, 0) is 12.1 Å². The molecule has 0 radical (unpaired) electrons. The van der Waals surface area contributed by atoms with Crippen molar-refractivity contribution < 1.29 is 19.3 Å². The zero-order valence-electron chi connectivity index (χ0n) is 11.5. The van der Waals surface area contributed by atoms with Crippen LogP contribution in [0.1, 0.15) is 10.7 Å². The van der Waals surface area contributed by atoms with Gasteiger partial charge in [-0.2, -0.15) is 0 Å². The fourth-order valence-corrected chi connectivity index (χ4v) is 2.51. The van der Waals surface area contributed by atoms with Crippen molar-refractivity contribution in [1.82, 2.24) is 4.98 Å². The van der Waals surface area contributed by atoms with E-state index in [0.717, 1.165) is 5.01 Å². The largest absolute Gasteiger partial charge is 0.493 e. The molecule has 0 saturated carbocycles. The van der Waals surface area contributed by atoms with E-state index in [2.05, 4.69) is 4.98 Å². The maximum absolute atomic E-state index is 8.97. The van der Waals surface area contributed by atoms with Gasteiger partial charge in [0.25, 0.3) is 0 Å². The summed E-state index contributed by atoms with van der Waals surface area (Å²) in [7, 11) is 3.19. The van der Waals surface area contributed by atoms with Crippen LogP contribution in [0.3, 0.4) is 0 Å². The lowest BCUT2D eigenvalue weighted by molar-refractivity contribution is 0.273. The Morgan fingerprint density at radius 1 is 1.20 bits per heavy atom. The zero-order valence-corrected chi connectivity index (χ0v) is 12.3. The highest BCUT2D eigenvalue weighted by atomic mass is 32.1. The molecule has 6 heteroatoms. The summed E-state index contributed by atoms with van der Waals surface area (Å²) in [5.41, 5.74) is 0.694. The minimum atomic E-state index is -0.0301. The SMILES string of the molecule is COc1cccc(OC)c1OCCc1nc(CO)cs1. The van der Waals surface area contributed by atoms with Gasteiger partial charge in [-0.3, -0.25) is 0 Å². The number of rotatable bonds is 7. The second-order valence-electron chi connectivity index (χ2n) is 3.98. The normalized spacial score (nSPS) is 10.3. The number of hydrogen-bond acceptors (Lipinski definition) is 6. The fourth-order valence-electron chi connectivity index (χ4n) is 1.74. The molecular weight excluding hydrogens is 278 g/mol. The van der Waals surface area contributed by atoms with E-state index >= 15 is 0 Å². The maximum Gasteiger partial charge on any atom is 0.203 e. The van der Waals surface area contributed by atoms with Crippen molar-refractivity contribution in [3.63, 3.8) is 0 Å². The highest BCUT2D eigenvalue weighted by molar-refractivity contribution is 7.09. The molecule has 0 aliphatic heterocycles. The lowest BCUT2D eigenvalue weighted by Gasteiger charge is -2.13. The Morgan fingerprint density at radius 2 is 1.90 bits per heavy atom. The van der Waals surface area contributed by atoms with Crippen molar-refractivity contribution in [2.75, 3.05) is 20.8 Å². The predicted molar refractivity (Wildman–Crippen MR) is 76.8 cm³/mol. The number of benzene rings is 1. The van der Waals surface area contributed by atoms with Crippen LogP contribution in [0.2, 0.25) is 0 Å². The highest BCUT2D eigenvalue weighted by Gasteiger charge is 2.11. The third kappa shape index (κ3) is 3.40. The molecule has 1 aromatic heterocycles. The Labute approximate surface area is 121 Å². The molecule has 1 aromatic carbocycles. The van der Waals surface area contributed by atoms with Gasteiger partial charge in [-0.15, -0.1) is 11.3 Å². The van der Waals surface area contributed by atoms with Crippen LogP contribution in [0.5, 0.6) is 17.2 Å². The number of methoxy groups -OCH3 is 2. The van der Waals surface area contributed by atoms with Gasteiger partial charge in [0.2, 0.25) is 5.75 Å². The topological polar surface area (TPSA) is 60.8 Å². The third-order valence-electron chi connectivity index (χ3n) is 2.71. The zero-order chi connectivity index (χ0) is 14.4. The first-order chi connectivity index (χ1) is 9.78. The molecule has 0 unspecified atom stereocenters. The Hall–Kier alpha value is -1.79. The second kappa shape index (κ2) is 7.12. The summed E-state index contributed by atoms with van der Waals surface area (Å²) < 4.78 is 16.3. The van der Waals surface area contributed by atoms with Crippen LogP contribution in [0, 0.1) is 0 Å². The monoisotopic (exact) mass is 295 g/mol. The summed E-state index contributed by atoms with van der Waals surface area (Å²) in [6.45, 7) is 0.437. The van der Waals surface area contributed by atoms with Crippen LogP contribution in [0.25, 0.3) is 0 Å². The van der Waals surface area contributed by atoms with Crippen molar-refractivity contribution in [2.45, 2.75) is 13.0 Å². The van der Waals surface area contributed by atoms with Crippen LogP contribution in [0.15, 0.2) is 23.6 Å². The van der Waals surface area contributed by atoms with Crippen molar-refractivity contribution in [3.8, 4) is 17.2 Å². The number of aromatic nitrogens is 1. The van der Waals surface area contributed by atoms with E-state index in [4.69, 9.17) is 19.3 Å². The standard InChI is InChI=1S/C14H17NO4S/c1-17-11-4-3-5-12(18-2)14(11)19-7-6-13-15-10(8-16)9-20-13/h3-5,9,16H,6-8H2,1-2H3. The molecule has 2 rings (SSSR count). The number of para-hydroxylation sites is 1. The molecule has 2 aromatic rings. The molecular formula is C14H17NO4S. The van der Waals surface area contributed by atoms with E-state index in [-0.39, 0.29) is 6.61 Å². The Morgan fingerprint density at radius 3 is 2.45 bits per heavy atom. The number of thiazole rings is 1. The minimum absolute atomic E-state index is 0.0301. The molecule has 0 aliphatic carbocycles. The van der Waals surface area contributed by atoms with Crippen LogP contribution in [-0.4, -0.2) is 30.9 Å². The average Bonchev–Trinajstić information content (AvgIpc) is 2.95. The lowest BCUT2D eigenvalue weighted by atomic mass is 10.3. The molecule has 5 nitrogen and oxygen atoms in total. The highest BCUT2D eigenvalue weighted by Crippen LogP contribution is 2.36.